The second-order valence-corrected chi connectivity index (χ2v) is 7.74. The number of rotatable bonds is 6. The first kappa shape index (κ1) is 21.1. The number of methoxy groups -OCH3 is 1. The Bertz CT molecular complexity index is 1380. The van der Waals surface area contributed by atoms with Crippen molar-refractivity contribution in [3.05, 3.63) is 108 Å². The zero-order valence-corrected chi connectivity index (χ0v) is 18.4. The van der Waals surface area contributed by atoms with Crippen LogP contribution in [0.2, 0.25) is 0 Å². The number of aromatic nitrogens is 3. The molecule has 2 heterocycles. The summed E-state index contributed by atoms with van der Waals surface area (Å²) in [5.74, 6) is -0.701. The summed E-state index contributed by atoms with van der Waals surface area (Å²) >= 11 is 0. The van der Waals surface area contributed by atoms with Gasteiger partial charge in [0.1, 0.15) is 12.7 Å². The van der Waals surface area contributed by atoms with E-state index in [0.29, 0.717) is 34.6 Å². The summed E-state index contributed by atoms with van der Waals surface area (Å²) in [7, 11) is 1.33. The lowest BCUT2D eigenvalue weighted by molar-refractivity contribution is -0.110. The molecule has 5 rings (SSSR count). The van der Waals surface area contributed by atoms with E-state index in [1.807, 2.05) is 54.6 Å². The number of benzene rings is 3. The molecule has 0 aliphatic carbocycles. The fourth-order valence-corrected chi connectivity index (χ4v) is 3.89. The Balaban J connectivity index is 1.53. The average molecular weight is 451 g/mol. The molecule has 2 N–H and O–H groups in total. The molecule has 0 bridgehead atoms. The molecule has 1 aromatic heterocycles. The molecular formula is C26H21N5O3. The van der Waals surface area contributed by atoms with Crippen molar-refractivity contribution in [2.75, 3.05) is 17.7 Å². The van der Waals surface area contributed by atoms with Crippen molar-refractivity contribution in [1.29, 1.82) is 0 Å². The van der Waals surface area contributed by atoms with Gasteiger partial charge in [0, 0.05) is 11.3 Å². The lowest BCUT2D eigenvalue weighted by atomic mass is 9.99. The molecule has 1 aliphatic rings. The molecule has 4 aromatic rings. The number of carbonyl (C=O) groups is 2. The molecule has 3 aromatic carbocycles. The van der Waals surface area contributed by atoms with E-state index in [1.54, 1.807) is 29.2 Å². The molecule has 8 nitrogen and oxygen atoms in total. The highest BCUT2D eigenvalue weighted by molar-refractivity contribution is 6.37. The first-order chi connectivity index (χ1) is 16.6. The van der Waals surface area contributed by atoms with Crippen LogP contribution in [0, 0.1) is 0 Å². The molecule has 0 spiro atoms. The summed E-state index contributed by atoms with van der Waals surface area (Å²) in [4.78, 5) is 29.0. The largest absolute Gasteiger partial charge is 0.465 e. The minimum absolute atomic E-state index is 0.244. The molecule has 0 unspecified atom stereocenters. The fourth-order valence-electron chi connectivity index (χ4n) is 3.89. The van der Waals surface area contributed by atoms with Crippen LogP contribution in [-0.2, 0) is 16.1 Å². The highest BCUT2D eigenvalue weighted by Crippen LogP contribution is 2.38. The van der Waals surface area contributed by atoms with Crippen molar-refractivity contribution in [2.24, 2.45) is 0 Å². The van der Waals surface area contributed by atoms with Crippen molar-refractivity contribution in [3.8, 4) is 0 Å². The maximum Gasteiger partial charge on any atom is 0.337 e. The van der Waals surface area contributed by atoms with Crippen LogP contribution >= 0.6 is 0 Å². The number of esters is 1. The SMILES string of the molecule is COC(=O)c1ccc2c(c1)NC(=O)/C2=C(\Nc1ccc(Cn2cncn2)cc1)c1ccccc1. The van der Waals surface area contributed by atoms with Gasteiger partial charge in [0.2, 0.25) is 0 Å². The van der Waals surface area contributed by atoms with E-state index in [0.717, 1.165) is 16.8 Å². The molecule has 0 radical (unpaired) electrons. The number of hydrogen-bond acceptors (Lipinski definition) is 6. The Labute approximate surface area is 195 Å². The highest BCUT2D eigenvalue weighted by atomic mass is 16.5. The Hall–Kier alpha value is -4.72. The highest BCUT2D eigenvalue weighted by Gasteiger charge is 2.29. The van der Waals surface area contributed by atoms with E-state index >= 15 is 0 Å². The number of hydrogen-bond donors (Lipinski definition) is 2. The lowest BCUT2D eigenvalue weighted by Crippen LogP contribution is -2.10. The normalized spacial score (nSPS) is 13.7. The molecule has 0 saturated carbocycles. The minimum Gasteiger partial charge on any atom is -0.465 e. The Morgan fingerprint density at radius 3 is 2.53 bits per heavy atom. The topological polar surface area (TPSA) is 98.1 Å². The van der Waals surface area contributed by atoms with E-state index in [4.69, 9.17) is 4.74 Å². The zero-order chi connectivity index (χ0) is 23.5. The molecule has 168 valence electrons. The molecular weight excluding hydrogens is 430 g/mol. The van der Waals surface area contributed by atoms with Crippen molar-refractivity contribution in [2.45, 2.75) is 6.54 Å². The minimum atomic E-state index is -0.457. The number of anilines is 2. The van der Waals surface area contributed by atoms with E-state index in [9.17, 15) is 9.59 Å². The number of amides is 1. The van der Waals surface area contributed by atoms with Crippen LogP contribution in [0.4, 0.5) is 11.4 Å². The average Bonchev–Trinajstić information content (AvgIpc) is 3.50. The first-order valence-corrected chi connectivity index (χ1v) is 10.6. The summed E-state index contributed by atoms with van der Waals surface area (Å²) in [5.41, 5.74) is 5.61. The smallest absolute Gasteiger partial charge is 0.337 e. The van der Waals surface area contributed by atoms with Crippen LogP contribution in [0.5, 0.6) is 0 Å². The summed E-state index contributed by atoms with van der Waals surface area (Å²) in [6, 6.07) is 22.7. The van der Waals surface area contributed by atoms with Gasteiger partial charge < -0.3 is 15.4 Å². The van der Waals surface area contributed by atoms with Gasteiger partial charge in [-0.25, -0.2) is 14.5 Å². The predicted octanol–water partition coefficient (Wildman–Crippen LogP) is 4.05. The third kappa shape index (κ3) is 4.16. The molecule has 34 heavy (non-hydrogen) atoms. The molecule has 0 fully saturated rings. The van der Waals surface area contributed by atoms with E-state index in [-0.39, 0.29) is 5.91 Å². The summed E-state index contributed by atoms with van der Waals surface area (Å²) in [6.45, 7) is 0.616. The second-order valence-electron chi connectivity index (χ2n) is 7.74. The van der Waals surface area contributed by atoms with Crippen LogP contribution in [0.25, 0.3) is 11.3 Å². The van der Waals surface area contributed by atoms with Crippen molar-refractivity contribution >= 4 is 34.5 Å². The van der Waals surface area contributed by atoms with E-state index in [2.05, 4.69) is 20.7 Å². The molecule has 1 aliphatic heterocycles. The first-order valence-electron chi connectivity index (χ1n) is 10.6. The van der Waals surface area contributed by atoms with Gasteiger partial charge in [-0.15, -0.1) is 0 Å². The van der Waals surface area contributed by atoms with Crippen LogP contribution in [0.15, 0.2) is 85.5 Å². The molecule has 0 atom stereocenters. The van der Waals surface area contributed by atoms with E-state index < -0.39 is 5.97 Å². The van der Waals surface area contributed by atoms with E-state index in [1.165, 1.54) is 13.4 Å². The Morgan fingerprint density at radius 1 is 1.03 bits per heavy atom. The van der Waals surface area contributed by atoms with Gasteiger partial charge in [-0.05, 0) is 35.4 Å². The van der Waals surface area contributed by atoms with Gasteiger partial charge >= 0.3 is 5.97 Å². The number of fused-ring (bicyclic) bond motifs is 1. The lowest BCUT2D eigenvalue weighted by Gasteiger charge is -2.15. The van der Waals surface area contributed by atoms with Gasteiger partial charge in [0.05, 0.1) is 36.2 Å². The van der Waals surface area contributed by atoms with Crippen LogP contribution in [-0.4, -0.2) is 33.8 Å². The van der Waals surface area contributed by atoms with Crippen LogP contribution in [0.1, 0.15) is 27.0 Å². The van der Waals surface area contributed by atoms with Crippen molar-refractivity contribution in [3.63, 3.8) is 0 Å². The van der Waals surface area contributed by atoms with Gasteiger partial charge in [0.15, 0.2) is 0 Å². The third-order valence-corrected chi connectivity index (χ3v) is 5.53. The van der Waals surface area contributed by atoms with Gasteiger partial charge in [-0.3, -0.25) is 4.79 Å². The number of carbonyl (C=O) groups excluding carboxylic acids is 2. The third-order valence-electron chi connectivity index (χ3n) is 5.53. The monoisotopic (exact) mass is 451 g/mol. The standard InChI is InChI=1S/C26H21N5O3/c1-34-26(33)19-9-12-21-22(13-19)30-25(32)23(21)24(18-5-3-2-4-6-18)29-20-10-7-17(8-11-20)14-31-16-27-15-28-31/h2-13,15-16,29H,14H2,1H3,(H,30,32)/b24-23-. The number of ether oxygens (including phenoxy) is 1. The maximum atomic E-state index is 13.1. The summed E-state index contributed by atoms with van der Waals surface area (Å²) in [6.07, 6.45) is 3.18. The number of nitrogens with one attached hydrogen (secondary N) is 2. The Morgan fingerprint density at radius 2 is 1.82 bits per heavy atom. The van der Waals surface area contributed by atoms with Crippen LogP contribution in [0.3, 0.4) is 0 Å². The zero-order valence-electron chi connectivity index (χ0n) is 18.4. The van der Waals surface area contributed by atoms with Gasteiger partial charge in [-0.1, -0.05) is 48.5 Å². The van der Waals surface area contributed by atoms with Crippen molar-refractivity contribution in [1.82, 2.24) is 14.8 Å². The molecule has 0 saturated heterocycles. The fraction of sp³-hybridized carbons (Fsp3) is 0.0769. The second kappa shape index (κ2) is 9.03. The summed E-state index contributed by atoms with van der Waals surface area (Å²) in [5, 5.41) is 10.4. The molecule has 1 amide bonds. The van der Waals surface area contributed by atoms with Crippen molar-refractivity contribution < 1.29 is 14.3 Å². The summed E-state index contributed by atoms with van der Waals surface area (Å²) < 4.78 is 6.56. The molecule has 8 heteroatoms. The van der Waals surface area contributed by atoms with Crippen LogP contribution < -0.4 is 10.6 Å². The van der Waals surface area contributed by atoms with Gasteiger partial charge in [-0.2, -0.15) is 5.10 Å². The maximum absolute atomic E-state index is 13.1. The quantitative estimate of drug-likeness (QED) is 0.339. The predicted molar refractivity (Wildman–Crippen MR) is 129 cm³/mol. The Kier molecular flexibility index (Phi) is 5.61. The van der Waals surface area contributed by atoms with Gasteiger partial charge in [0.25, 0.3) is 5.91 Å². The number of nitrogens with zero attached hydrogens (tertiary/aromatic N) is 3.